The molecule has 2 atom stereocenters. The molecule has 0 amide bonds. The minimum Gasteiger partial charge on any atom is -0.396 e. The second-order valence-corrected chi connectivity index (χ2v) is 2.34. The average Bonchev–Trinajstić information content (AvgIpc) is 2.13. The van der Waals surface area contributed by atoms with E-state index in [1.54, 1.807) is 0 Å². The van der Waals surface area contributed by atoms with Crippen LogP contribution >= 0.6 is 0 Å². The second-order valence-electron chi connectivity index (χ2n) is 2.34. The Morgan fingerprint density at radius 2 is 2.56 bits per heavy atom. The van der Waals surface area contributed by atoms with Gasteiger partial charge in [-0.05, 0) is 18.3 Å². The quantitative estimate of drug-likeness (QED) is 0.515. The third kappa shape index (κ3) is 1.33. The number of aliphatic hydroxyl groups excluding tert-OH is 1. The van der Waals surface area contributed by atoms with Crippen LogP contribution in [0.3, 0.4) is 0 Å². The summed E-state index contributed by atoms with van der Waals surface area (Å²) in [6.07, 6.45) is 1.94. The Morgan fingerprint density at radius 1 is 1.89 bits per heavy atom. The molecule has 0 aromatic rings. The lowest BCUT2D eigenvalue weighted by molar-refractivity contribution is 0.251. The van der Waals surface area contributed by atoms with E-state index in [1.165, 1.54) is 6.08 Å². The van der Waals surface area contributed by atoms with Crippen molar-refractivity contribution in [2.45, 2.75) is 12.2 Å². The number of rotatable bonds is 1. The Morgan fingerprint density at radius 3 is 2.78 bits per heavy atom. The third-order valence-electron chi connectivity index (χ3n) is 1.54. The molecular weight excluding hydrogens is 118 g/mol. The summed E-state index contributed by atoms with van der Waals surface area (Å²) in [5.74, 6) is -0.809. The molecular formula is C6H8BFO. The van der Waals surface area contributed by atoms with E-state index in [2.05, 4.69) is 0 Å². The van der Waals surface area contributed by atoms with Gasteiger partial charge in [0, 0.05) is 12.5 Å². The highest BCUT2D eigenvalue weighted by molar-refractivity contribution is 6.13. The molecule has 1 nitrogen and oxygen atoms in total. The van der Waals surface area contributed by atoms with Crippen molar-refractivity contribution in [1.29, 1.82) is 0 Å². The monoisotopic (exact) mass is 126 g/mol. The van der Waals surface area contributed by atoms with Gasteiger partial charge in [0.15, 0.2) is 0 Å². The molecule has 0 bridgehead atoms. The Kier molecular flexibility index (Phi) is 1.91. The Balaban J connectivity index is 2.52. The summed E-state index contributed by atoms with van der Waals surface area (Å²) in [6, 6.07) is 0. The van der Waals surface area contributed by atoms with Crippen LogP contribution in [0.1, 0.15) is 6.42 Å². The zero-order valence-electron chi connectivity index (χ0n) is 5.05. The van der Waals surface area contributed by atoms with Crippen molar-refractivity contribution in [2.75, 3.05) is 6.61 Å². The fraction of sp³-hybridized carbons (Fsp3) is 0.667. The molecule has 1 aliphatic rings. The molecule has 2 radical (unpaired) electrons. The molecule has 0 aliphatic heterocycles. The van der Waals surface area contributed by atoms with Gasteiger partial charge in [0.2, 0.25) is 0 Å². The van der Waals surface area contributed by atoms with Gasteiger partial charge in [-0.2, -0.15) is 0 Å². The smallest absolute Gasteiger partial charge is 0.0908 e. The van der Waals surface area contributed by atoms with E-state index in [9.17, 15) is 4.39 Å². The lowest BCUT2D eigenvalue weighted by atomic mass is 9.85. The molecule has 1 N–H and O–H groups in total. The molecule has 0 heterocycles. The number of aliphatic hydroxyl groups is 1. The van der Waals surface area contributed by atoms with Crippen LogP contribution in [0.25, 0.3) is 0 Å². The van der Waals surface area contributed by atoms with E-state index >= 15 is 0 Å². The Bertz CT molecular complexity index is 135. The van der Waals surface area contributed by atoms with E-state index < -0.39 is 5.82 Å². The van der Waals surface area contributed by atoms with Crippen molar-refractivity contribution in [3.63, 3.8) is 0 Å². The summed E-state index contributed by atoms with van der Waals surface area (Å²) in [5, 5.41) is 8.53. The number of allylic oxidation sites excluding steroid dienone is 1. The minimum absolute atomic E-state index is 0.00111. The highest BCUT2D eigenvalue weighted by Crippen LogP contribution is 2.32. The van der Waals surface area contributed by atoms with Crippen molar-refractivity contribution < 1.29 is 9.50 Å². The van der Waals surface area contributed by atoms with E-state index in [1.807, 2.05) is 0 Å². The molecule has 0 aromatic carbocycles. The number of halogens is 1. The lowest BCUT2D eigenvalue weighted by Gasteiger charge is -2.02. The van der Waals surface area contributed by atoms with Crippen molar-refractivity contribution in [2.24, 2.45) is 5.92 Å². The standard InChI is InChI=1S/C6H8BFO/c7-5-1-4(3-9)2-6(5)8/h2,4-5,9H,1,3H2. The van der Waals surface area contributed by atoms with Gasteiger partial charge in [-0.25, -0.2) is 4.39 Å². The molecule has 2 unspecified atom stereocenters. The summed E-state index contributed by atoms with van der Waals surface area (Å²) >= 11 is 0. The fourth-order valence-electron chi connectivity index (χ4n) is 0.983. The SMILES string of the molecule is [B]C1CC(CO)C=C1F. The van der Waals surface area contributed by atoms with Crippen molar-refractivity contribution in [1.82, 2.24) is 0 Å². The molecule has 0 saturated carbocycles. The molecule has 1 aliphatic carbocycles. The Hall–Kier alpha value is -0.305. The average molecular weight is 126 g/mol. The highest BCUT2D eigenvalue weighted by Gasteiger charge is 2.21. The van der Waals surface area contributed by atoms with Crippen LogP contribution in [-0.2, 0) is 0 Å². The zero-order chi connectivity index (χ0) is 6.85. The van der Waals surface area contributed by atoms with Gasteiger partial charge in [-0.15, -0.1) is 0 Å². The van der Waals surface area contributed by atoms with Crippen LogP contribution in [-0.4, -0.2) is 19.6 Å². The van der Waals surface area contributed by atoms with Crippen LogP contribution in [0.4, 0.5) is 4.39 Å². The molecule has 48 valence electrons. The van der Waals surface area contributed by atoms with Crippen LogP contribution in [0, 0.1) is 5.92 Å². The maximum atomic E-state index is 12.4. The Labute approximate surface area is 55.0 Å². The zero-order valence-corrected chi connectivity index (χ0v) is 5.05. The van der Waals surface area contributed by atoms with Crippen molar-refractivity contribution >= 4 is 7.85 Å². The summed E-state index contributed by atoms with van der Waals surface area (Å²) in [7, 11) is 5.29. The number of hydrogen-bond acceptors (Lipinski definition) is 1. The van der Waals surface area contributed by atoms with Gasteiger partial charge < -0.3 is 5.11 Å². The lowest BCUT2D eigenvalue weighted by Crippen LogP contribution is -1.99. The van der Waals surface area contributed by atoms with Crippen LogP contribution in [0.15, 0.2) is 11.9 Å². The molecule has 9 heavy (non-hydrogen) atoms. The van der Waals surface area contributed by atoms with Crippen molar-refractivity contribution in [3.8, 4) is 0 Å². The van der Waals surface area contributed by atoms with Crippen LogP contribution in [0.2, 0.25) is 5.82 Å². The second kappa shape index (κ2) is 2.52. The predicted molar refractivity (Wildman–Crippen MR) is 33.9 cm³/mol. The first-order valence-electron chi connectivity index (χ1n) is 2.97. The van der Waals surface area contributed by atoms with Gasteiger partial charge in [0.25, 0.3) is 0 Å². The molecule has 3 heteroatoms. The van der Waals surface area contributed by atoms with Crippen LogP contribution < -0.4 is 0 Å². The molecule has 0 saturated heterocycles. The fourth-order valence-corrected chi connectivity index (χ4v) is 0.983. The molecule has 1 rings (SSSR count). The van der Waals surface area contributed by atoms with Gasteiger partial charge in [-0.3, -0.25) is 0 Å². The largest absolute Gasteiger partial charge is 0.396 e. The molecule has 0 fully saturated rings. The van der Waals surface area contributed by atoms with E-state index in [0.29, 0.717) is 6.42 Å². The summed E-state index contributed by atoms with van der Waals surface area (Å²) in [4.78, 5) is 0. The maximum Gasteiger partial charge on any atom is 0.0908 e. The first-order valence-corrected chi connectivity index (χ1v) is 2.97. The summed E-state index contributed by atoms with van der Waals surface area (Å²) < 4.78 is 12.4. The summed E-state index contributed by atoms with van der Waals surface area (Å²) in [6.45, 7) is 0.00111. The third-order valence-corrected chi connectivity index (χ3v) is 1.54. The van der Waals surface area contributed by atoms with E-state index in [0.717, 1.165) is 0 Å². The molecule has 0 aromatic heterocycles. The van der Waals surface area contributed by atoms with Crippen LogP contribution in [0.5, 0.6) is 0 Å². The van der Waals surface area contributed by atoms with Gasteiger partial charge >= 0.3 is 0 Å². The van der Waals surface area contributed by atoms with E-state index in [4.69, 9.17) is 13.0 Å². The first kappa shape index (κ1) is 6.81. The van der Waals surface area contributed by atoms with Gasteiger partial charge in [0.05, 0.1) is 13.7 Å². The predicted octanol–water partition coefficient (Wildman–Crippen LogP) is 0.809. The summed E-state index contributed by atoms with van der Waals surface area (Å²) in [5.41, 5.74) is 0. The van der Waals surface area contributed by atoms with E-state index in [-0.39, 0.29) is 18.4 Å². The first-order chi connectivity index (χ1) is 4.24. The number of hydrogen-bond donors (Lipinski definition) is 1. The van der Waals surface area contributed by atoms with Crippen molar-refractivity contribution in [3.05, 3.63) is 11.9 Å². The normalized spacial score (nSPS) is 34.7. The minimum atomic E-state index is -0.470. The van der Waals surface area contributed by atoms with Gasteiger partial charge in [0.1, 0.15) is 0 Å². The maximum absolute atomic E-state index is 12.4. The van der Waals surface area contributed by atoms with Gasteiger partial charge in [-0.1, -0.05) is 0 Å². The topological polar surface area (TPSA) is 20.2 Å². The molecule has 0 spiro atoms. The highest BCUT2D eigenvalue weighted by atomic mass is 19.1.